The normalized spacial score (nSPS) is 10.3. The van der Waals surface area contributed by atoms with Gasteiger partial charge in [-0.2, -0.15) is 0 Å². The van der Waals surface area contributed by atoms with Crippen LogP contribution in [0, 0.1) is 0 Å². The van der Waals surface area contributed by atoms with E-state index in [4.69, 9.17) is 19.3 Å². The molecule has 0 unspecified atom stereocenters. The van der Waals surface area contributed by atoms with Gasteiger partial charge in [-0.15, -0.1) is 0 Å². The molecular weight excluding hydrogens is 512 g/mol. The van der Waals surface area contributed by atoms with Crippen LogP contribution >= 0.6 is 0 Å². The zero-order chi connectivity index (χ0) is 29.8. The first kappa shape index (κ1) is 37.1. The maximum Gasteiger partial charge on any atom is 0.339 e. The Morgan fingerprint density at radius 3 is 1.40 bits per heavy atom. The molecule has 8 nitrogen and oxygen atoms in total. The Morgan fingerprint density at radius 2 is 0.950 bits per heavy atom. The van der Waals surface area contributed by atoms with Crippen LogP contribution in [0.5, 0.6) is 0 Å². The number of hydrogen-bond donors (Lipinski definition) is 1. The Labute approximate surface area is 241 Å². The van der Waals surface area contributed by atoms with Gasteiger partial charge in [0.1, 0.15) is 0 Å². The standard InChI is InChI=1S/C20H30O4.C12H22O4/c1-2-3-4-5-6-7-8-9-10-13-16-24-20(23)18-15-12-11-14-17(18)19(21)22;1-3-5-9-15-11(13)7-8-12(14)16-10-6-4-2/h11-12,14-15H,2-10,13,16H2,1H3,(H,21,22);3-10H2,1-2H3. The minimum Gasteiger partial charge on any atom is -0.478 e. The van der Waals surface area contributed by atoms with Gasteiger partial charge in [-0.1, -0.05) is 104 Å². The van der Waals surface area contributed by atoms with Crippen LogP contribution in [-0.4, -0.2) is 48.8 Å². The van der Waals surface area contributed by atoms with E-state index in [9.17, 15) is 19.2 Å². The van der Waals surface area contributed by atoms with Gasteiger partial charge in [-0.05, 0) is 31.4 Å². The highest BCUT2D eigenvalue weighted by Gasteiger charge is 2.16. The quantitative estimate of drug-likeness (QED) is 0.0857. The first-order valence-electron chi connectivity index (χ1n) is 15.2. The van der Waals surface area contributed by atoms with Gasteiger partial charge in [0, 0.05) is 0 Å². The summed E-state index contributed by atoms with van der Waals surface area (Å²) in [5, 5.41) is 9.07. The number of hydrogen-bond acceptors (Lipinski definition) is 7. The molecule has 8 heteroatoms. The van der Waals surface area contributed by atoms with Crippen molar-refractivity contribution in [2.45, 2.75) is 124 Å². The zero-order valence-corrected chi connectivity index (χ0v) is 25.0. The van der Waals surface area contributed by atoms with E-state index in [1.54, 1.807) is 12.1 Å². The molecule has 1 rings (SSSR count). The predicted molar refractivity (Wildman–Crippen MR) is 156 cm³/mol. The van der Waals surface area contributed by atoms with E-state index in [1.165, 1.54) is 57.1 Å². The largest absolute Gasteiger partial charge is 0.478 e. The maximum absolute atomic E-state index is 11.9. The number of esters is 3. The maximum atomic E-state index is 11.9. The zero-order valence-electron chi connectivity index (χ0n) is 25.0. The second-order valence-electron chi connectivity index (χ2n) is 9.82. The molecule has 0 spiro atoms. The summed E-state index contributed by atoms with van der Waals surface area (Å²) < 4.78 is 15.0. The SMILES string of the molecule is CCCCCCCCCCCCOC(=O)c1ccccc1C(=O)O.CCCCOC(=O)CCC(=O)OCCCC. The number of benzene rings is 1. The van der Waals surface area contributed by atoms with E-state index in [2.05, 4.69) is 6.92 Å². The molecular formula is C32H52O8. The first-order valence-corrected chi connectivity index (χ1v) is 15.2. The number of ether oxygens (including phenoxy) is 3. The second-order valence-corrected chi connectivity index (χ2v) is 9.82. The minimum absolute atomic E-state index is 0.00873. The lowest BCUT2D eigenvalue weighted by Gasteiger charge is -2.07. The minimum atomic E-state index is -1.11. The van der Waals surface area contributed by atoms with Crippen LogP contribution in [0.2, 0.25) is 0 Å². The molecule has 0 aliphatic carbocycles. The summed E-state index contributed by atoms with van der Waals surface area (Å²) in [7, 11) is 0. The third-order valence-corrected chi connectivity index (χ3v) is 6.16. The molecule has 0 atom stereocenters. The summed E-state index contributed by atoms with van der Waals surface area (Å²) in [6, 6.07) is 6.15. The number of aromatic carboxylic acids is 1. The van der Waals surface area contributed by atoms with Crippen LogP contribution in [0.4, 0.5) is 0 Å². The molecule has 0 bridgehead atoms. The molecule has 0 amide bonds. The van der Waals surface area contributed by atoms with Crippen molar-refractivity contribution in [1.29, 1.82) is 0 Å². The van der Waals surface area contributed by atoms with Crippen molar-refractivity contribution in [2.24, 2.45) is 0 Å². The molecule has 228 valence electrons. The fourth-order valence-corrected chi connectivity index (χ4v) is 3.69. The van der Waals surface area contributed by atoms with Crippen molar-refractivity contribution < 1.29 is 38.5 Å². The number of rotatable bonds is 22. The number of carboxylic acids is 1. The van der Waals surface area contributed by atoms with Crippen LogP contribution < -0.4 is 0 Å². The monoisotopic (exact) mass is 564 g/mol. The van der Waals surface area contributed by atoms with Crippen molar-refractivity contribution in [3.8, 4) is 0 Å². The Bertz CT molecular complexity index is 799. The lowest BCUT2D eigenvalue weighted by molar-refractivity contribution is -0.150. The van der Waals surface area contributed by atoms with Crippen LogP contribution in [0.1, 0.15) is 144 Å². The van der Waals surface area contributed by atoms with Gasteiger partial charge < -0.3 is 19.3 Å². The Morgan fingerprint density at radius 1 is 0.550 bits per heavy atom. The summed E-state index contributed by atoms with van der Waals surface area (Å²) >= 11 is 0. The molecule has 0 aliphatic rings. The first-order chi connectivity index (χ1) is 19.4. The highest BCUT2D eigenvalue weighted by Crippen LogP contribution is 2.13. The van der Waals surface area contributed by atoms with Crippen LogP contribution in [0.3, 0.4) is 0 Å². The molecule has 0 aliphatic heterocycles. The van der Waals surface area contributed by atoms with E-state index in [1.807, 2.05) is 13.8 Å². The highest BCUT2D eigenvalue weighted by atomic mass is 16.5. The van der Waals surface area contributed by atoms with Crippen LogP contribution in [0.15, 0.2) is 24.3 Å². The van der Waals surface area contributed by atoms with Gasteiger partial charge in [-0.25, -0.2) is 9.59 Å². The number of carboxylic acid groups (broad SMARTS) is 1. The van der Waals surface area contributed by atoms with E-state index in [0.29, 0.717) is 19.8 Å². The van der Waals surface area contributed by atoms with E-state index in [-0.39, 0.29) is 35.9 Å². The summed E-state index contributed by atoms with van der Waals surface area (Å²) in [5.41, 5.74) is 0.114. The average Bonchev–Trinajstić information content (AvgIpc) is 2.95. The molecule has 40 heavy (non-hydrogen) atoms. The highest BCUT2D eigenvalue weighted by molar-refractivity contribution is 6.02. The molecule has 0 saturated heterocycles. The van der Waals surface area contributed by atoms with E-state index < -0.39 is 11.9 Å². The third-order valence-electron chi connectivity index (χ3n) is 6.16. The number of unbranched alkanes of at least 4 members (excludes halogenated alkanes) is 11. The van der Waals surface area contributed by atoms with E-state index in [0.717, 1.165) is 44.9 Å². The van der Waals surface area contributed by atoms with Crippen molar-refractivity contribution in [1.82, 2.24) is 0 Å². The van der Waals surface area contributed by atoms with Crippen molar-refractivity contribution in [3.05, 3.63) is 35.4 Å². The van der Waals surface area contributed by atoms with Gasteiger partial charge in [0.2, 0.25) is 0 Å². The summed E-state index contributed by atoms with van der Waals surface area (Å²) in [5.74, 6) is -2.30. The van der Waals surface area contributed by atoms with Gasteiger partial charge in [0.25, 0.3) is 0 Å². The fourth-order valence-electron chi connectivity index (χ4n) is 3.69. The smallest absolute Gasteiger partial charge is 0.339 e. The molecule has 0 heterocycles. The van der Waals surface area contributed by atoms with Crippen molar-refractivity contribution in [2.75, 3.05) is 19.8 Å². The predicted octanol–water partition coefficient (Wildman–Crippen LogP) is 7.92. The fraction of sp³-hybridized carbons (Fsp3) is 0.688. The van der Waals surface area contributed by atoms with Gasteiger partial charge in [0.05, 0.1) is 43.8 Å². The summed E-state index contributed by atoms with van der Waals surface area (Å²) in [4.78, 5) is 45.3. The van der Waals surface area contributed by atoms with E-state index >= 15 is 0 Å². The molecule has 1 N–H and O–H groups in total. The second kappa shape index (κ2) is 26.3. The molecule has 1 aromatic rings. The molecule has 0 radical (unpaired) electrons. The van der Waals surface area contributed by atoms with Gasteiger partial charge in [0.15, 0.2) is 0 Å². The molecule has 1 aromatic carbocycles. The summed E-state index contributed by atoms with van der Waals surface area (Å²) in [6.07, 6.45) is 16.2. The lowest BCUT2D eigenvalue weighted by atomic mass is 10.1. The number of carbonyl (C=O) groups excluding carboxylic acids is 3. The third kappa shape index (κ3) is 21.0. The Balaban J connectivity index is 0.000000829. The Kier molecular flexibility index (Phi) is 24.4. The van der Waals surface area contributed by atoms with Gasteiger partial charge >= 0.3 is 23.9 Å². The van der Waals surface area contributed by atoms with Crippen molar-refractivity contribution >= 4 is 23.9 Å². The average molecular weight is 565 g/mol. The lowest BCUT2D eigenvalue weighted by Crippen LogP contribution is -2.12. The van der Waals surface area contributed by atoms with Gasteiger partial charge in [-0.3, -0.25) is 9.59 Å². The molecule has 0 aromatic heterocycles. The van der Waals surface area contributed by atoms with Crippen LogP contribution in [0.25, 0.3) is 0 Å². The number of carbonyl (C=O) groups is 4. The van der Waals surface area contributed by atoms with Crippen molar-refractivity contribution in [3.63, 3.8) is 0 Å². The Hall–Kier alpha value is -2.90. The molecule has 0 fully saturated rings. The topological polar surface area (TPSA) is 116 Å². The molecule has 0 saturated carbocycles. The van der Waals surface area contributed by atoms with Crippen LogP contribution in [-0.2, 0) is 23.8 Å². The summed E-state index contributed by atoms with van der Waals surface area (Å²) in [6.45, 7) is 7.52.